The highest BCUT2D eigenvalue weighted by Crippen LogP contribution is 2.55. The molecule has 5 aliphatic carbocycles. The molecule has 0 radical (unpaired) electrons. The van der Waals surface area contributed by atoms with Gasteiger partial charge in [-0.15, -0.1) is 0 Å². The Morgan fingerprint density at radius 3 is 2.69 bits per heavy atom. The van der Waals surface area contributed by atoms with Crippen molar-refractivity contribution >= 4 is 11.9 Å². The molecule has 3 N–H and O–H groups in total. The molecule has 1 aromatic heterocycles. The monoisotopic (exact) mass is 442 g/mol. The van der Waals surface area contributed by atoms with Crippen LogP contribution in [0.2, 0.25) is 0 Å². The number of aliphatic hydroxyl groups excluding tert-OH is 1. The second-order valence-electron chi connectivity index (χ2n) is 10.9. The summed E-state index contributed by atoms with van der Waals surface area (Å²) in [6, 6.07) is -0.0113. The summed E-state index contributed by atoms with van der Waals surface area (Å²) in [7, 11) is 0. The van der Waals surface area contributed by atoms with Crippen molar-refractivity contribution in [3.63, 3.8) is 0 Å². The lowest BCUT2D eigenvalue weighted by molar-refractivity contribution is -0.136. The summed E-state index contributed by atoms with van der Waals surface area (Å²) in [4.78, 5) is 24.9. The number of aliphatic hydroxyl groups is 2. The minimum absolute atomic E-state index is 0.0117. The first kappa shape index (κ1) is 20.8. The minimum atomic E-state index is -0.499. The molecule has 1 saturated heterocycles. The molecule has 4 bridgehead atoms. The number of ether oxygens (including phenoxy) is 1. The number of morpholine rings is 1. The molecule has 5 saturated carbocycles. The number of nitrogens with zero attached hydrogens (tertiary/aromatic N) is 3. The van der Waals surface area contributed by atoms with Gasteiger partial charge in [-0.2, -0.15) is 0 Å². The van der Waals surface area contributed by atoms with E-state index in [0.29, 0.717) is 54.9 Å². The number of amides is 1. The molecule has 8 heteroatoms. The zero-order valence-corrected chi connectivity index (χ0v) is 18.6. The van der Waals surface area contributed by atoms with Crippen LogP contribution in [0.4, 0.5) is 5.95 Å². The van der Waals surface area contributed by atoms with Gasteiger partial charge >= 0.3 is 0 Å². The maximum atomic E-state index is 13.5. The van der Waals surface area contributed by atoms with Crippen LogP contribution in [0.5, 0.6) is 0 Å². The van der Waals surface area contributed by atoms with Crippen molar-refractivity contribution in [1.82, 2.24) is 15.3 Å². The minimum Gasteiger partial charge on any atom is -0.394 e. The standard InChI is InChI=1S/C24H34N4O4/c29-12-18-13-32-5-4-28(18)23-25-11-19(21(27-23)15-2-1-3-15)22(30)26-20-16-6-14-7-17(20)10-24(31,8-14)9-16/h11,14-18,20,29,31H,1-10,12-13H2,(H,26,30). The van der Waals surface area contributed by atoms with Crippen LogP contribution in [-0.4, -0.2) is 70.1 Å². The van der Waals surface area contributed by atoms with E-state index in [-0.39, 0.29) is 24.6 Å². The van der Waals surface area contributed by atoms with E-state index < -0.39 is 5.60 Å². The van der Waals surface area contributed by atoms with Crippen molar-refractivity contribution in [1.29, 1.82) is 0 Å². The predicted molar refractivity (Wildman–Crippen MR) is 117 cm³/mol. The molecule has 6 fully saturated rings. The van der Waals surface area contributed by atoms with Gasteiger partial charge in [0.15, 0.2) is 0 Å². The molecule has 2 heterocycles. The summed E-state index contributed by atoms with van der Waals surface area (Å²) in [6.07, 6.45) is 9.76. The fourth-order valence-electron chi connectivity index (χ4n) is 7.21. The quantitative estimate of drug-likeness (QED) is 0.636. The first-order valence-corrected chi connectivity index (χ1v) is 12.4. The predicted octanol–water partition coefficient (Wildman–Crippen LogP) is 1.61. The van der Waals surface area contributed by atoms with Crippen LogP contribution in [0.3, 0.4) is 0 Å². The van der Waals surface area contributed by atoms with E-state index in [0.717, 1.165) is 57.1 Å². The van der Waals surface area contributed by atoms with Gasteiger partial charge in [-0.25, -0.2) is 9.97 Å². The number of nitrogens with one attached hydrogen (secondary N) is 1. The van der Waals surface area contributed by atoms with Crippen molar-refractivity contribution < 1.29 is 19.7 Å². The van der Waals surface area contributed by atoms with E-state index in [1.54, 1.807) is 6.20 Å². The van der Waals surface area contributed by atoms with E-state index in [1.165, 1.54) is 0 Å². The Kier molecular flexibility index (Phi) is 5.15. The third kappa shape index (κ3) is 3.51. The maximum absolute atomic E-state index is 13.5. The van der Waals surface area contributed by atoms with Gasteiger partial charge < -0.3 is 25.2 Å². The van der Waals surface area contributed by atoms with Crippen LogP contribution < -0.4 is 10.2 Å². The average Bonchev–Trinajstić information content (AvgIpc) is 2.73. The van der Waals surface area contributed by atoms with E-state index in [4.69, 9.17) is 9.72 Å². The van der Waals surface area contributed by atoms with Gasteiger partial charge in [0, 0.05) is 24.7 Å². The summed E-state index contributed by atoms with van der Waals surface area (Å²) >= 11 is 0. The first-order valence-electron chi connectivity index (χ1n) is 12.4. The van der Waals surface area contributed by atoms with Crippen LogP contribution in [0, 0.1) is 17.8 Å². The highest BCUT2D eigenvalue weighted by Gasteiger charge is 2.55. The number of aromatic nitrogens is 2. The summed E-state index contributed by atoms with van der Waals surface area (Å²) in [6.45, 7) is 1.66. The Hall–Kier alpha value is -1.77. The van der Waals surface area contributed by atoms with Crippen molar-refractivity contribution in [3.05, 3.63) is 17.5 Å². The molecule has 32 heavy (non-hydrogen) atoms. The lowest BCUT2D eigenvalue weighted by Crippen LogP contribution is -2.61. The molecule has 1 amide bonds. The first-order chi connectivity index (χ1) is 15.5. The zero-order chi connectivity index (χ0) is 21.9. The Bertz CT molecular complexity index is 875. The Labute approximate surface area is 188 Å². The number of hydrogen-bond acceptors (Lipinski definition) is 7. The maximum Gasteiger partial charge on any atom is 0.254 e. The van der Waals surface area contributed by atoms with Crippen LogP contribution in [0.15, 0.2) is 6.20 Å². The van der Waals surface area contributed by atoms with Crippen LogP contribution in [-0.2, 0) is 4.74 Å². The topological polar surface area (TPSA) is 108 Å². The van der Waals surface area contributed by atoms with Crippen LogP contribution in [0.1, 0.15) is 73.3 Å². The summed E-state index contributed by atoms with van der Waals surface area (Å²) in [5.74, 6) is 2.19. The number of carbonyl (C=O) groups excluding carboxylic acids is 1. The van der Waals surface area contributed by atoms with Gasteiger partial charge in [-0.05, 0) is 62.7 Å². The van der Waals surface area contributed by atoms with Gasteiger partial charge in [-0.3, -0.25) is 4.79 Å². The fraction of sp³-hybridized carbons (Fsp3) is 0.792. The van der Waals surface area contributed by atoms with Crippen molar-refractivity contribution in [2.24, 2.45) is 17.8 Å². The largest absolute Gasteiger partial charge is 0.394 e. The fourth-order valence-corrected chi connectivity index (χ4v) is 7.21. The molecule has 0 aromatic carbocycles. The van der Waals surface area contributed by atoms with Crippen molar-refractivity contribution in [2.75, 3.05) is 31.3 Å². The number of rotatable bonds is 5. The highest BCUT2D eigenvalue weighted by molar-refractivity contribution is 5.95. The Morgan fingerprint density at radius 2 is 2.03 bits per heavy atom. The summed E-state index contributed by atoms with van der Waals surface area (Å²) in [5.41, 5.74) is 0.949. The smallest absolute Gasteiger partial charge is 0.254 e. The molecule has 174 valence electrons. The van der Waals surface area contributed by atoms with Gasteiger partial charge in [-0.1, -0.05) is 6.42 Å². The number of hydrogen-bond donors (Lipinski definition) is 3. The Morgan fingerprint density at radius 1 is 1.25 bits per heavy atom. The average molecular weight is 443 g/mol. The number of anilines is 1. The number of carbonyl (C=O) groups is 1. The second kappa shape index (κ2) is 7.92. The van der Waals surface area contributed by atoms with E-state index in [1.807, 2.05) is 4.90 Å². The third-order valence-electron chi connectivity index (χ3n) is 8.78. The second-order valence-corrected chi connectivity index (χ2v) is 10.9. The molecular weight excluding hydrogens is 408 g/mol. The Balaban J connectivity index is 1.25. The molecule has 1 aromatic rings. The van der Waals surface area contributed by atoms with E-state index in [2.05, 4.69) is 10.3 Å². The zero-order valence-electron chi connectivity index (χ0n) is 18.6. The molecule has 0 spiro atoms. The molecule has 6 aliphatic rings. The van der Waals surface area contributed by atoms with Gasteiger partial charge in [0.1, 0.15) is 0 Å². The molecule has 1 aliphatic heterocycles. The van der Waals surface area contributed by atoms with E-state index in [9.17, 15) is 15.0 Å². The summed E-state index contributed by atoms with van der Waals surface area (Å²) in [5, 5.41) is 24.0. The molecular formula is C24H34N4O4. The lowest BCUT2D eigenvalue weighted by Gasteiger charge is -2.58. The highest BCUT2D eigenvalue weighted by atomic mass is 16.5. The van der Waals surface area contributed by atoms with Crippen molar-refractivity contribution in [3.8, 4) is 0 Å². The van der Waals surface area contributed by atoms with Gasteiger partial charge in [0.2, 0.25) is 5.95 Å². The van der Waals surface area contributed by atoms with Crippen LogP contribution in [0.25, 0.3) is 0 Å². The SMILES string of the molecule is O=C(NC1C2CC3CC1CC(O)(C3)C2)c1cnc(N2CCOCC2CO)nc1C1CCC1. The van der Waals surface area contributed by atoms with Gasteiger partial charge in [0.05, 0.1) is 42.7 Å². The third-order valence-corrected chi connectivity index (χ3v) is 8.78. The lowest BCUT2D eigenvalue weighted by atomic mass is 9.52. The van der Waals surface area contributed by atoms with Crippen LogP contribution >= 0.6 is 0 Å². The molecule has 8 nitrogen and oxygen atoms in total. The van der Waals surface area contributed by atoms with E-state index >= 15 is 0 Å². The molecule has 3 atom stereocenters. The molecule has 7 rings (SSSR count). The van der Waals surface area contributed by atoms with Gasteiger partial charge in [0.25, 0.3) is 5.91 Å². The molecule has 3 unspecified atom stereocenters. The van der Waals surface area contributed by atoms with Crippen molar-refractivity contribution in [2.45, 2.75) is 75.0 Å². The summed E-state index contributed by atoms with van der Waals surface area (Å²) < 4.78 is 5.50. The normalized spacial score (nSPS) is 38.6.